The number of amides is 1. The maximum Gasteiger partial charge on any atom is 0.335 e. The first-order valence-corrected chi connectivity index (χ1v) is 5.84. The Kier molecular flexibility index (Phi) is 3.86. The van der Waals surface area contributed by atoms with Gasteiger partial charge in [0.15, 0.2) is 0 Å². The van der Waals surface area contributed by atoms with Crippen molar-refractivity contribution in [3.8, 4) is 5.75 Å². The van der Waals surface area contributed by atoms with Crippen LogP contribution in [0.2, 0.25) is 5.02 Å². The van der Waals surface area contributed by atoms with Crippen molar-refractivity contribution in [2.24, 2.45) is 0 Å². The first kappa shape index (κ1) is 13.8. The van der Waals surface area contributed by atoms with Crippen molar-refractivity contribution in [3.63, 3.8) is 0 Å². The van der Waals surface area contributed by atoms with Crippen molar-refractivity contribution in [2.75, 3.05) is 5.32 Å². The normalized spacial score (nSPS) is 10.1. The molecule has 2 rings (SSSR count). The number of hydrogen-bond donors (Lipinski definition) is 3. The zero-order valence-electron chi connectivity index (χ0n) is 10.0. The maximum atomic E-state index is 11.9. The number of aromatic nitrogens is 1. The lowest BCUT2D eigenvalue weighted by atomic mass is 10.2. The van der Waals surface area contributed by atoms with Gasteiger partial charge in [0.1, 0.15) is 11.6 Å². The molecule has 1 heterocycles. The van der Waals surface area contributed by atoms with Crippen molar-refractivity contribution in [1.82, 2.24) is 4.98 Å². The number of carboxylic acids is 1. The van der Waals surface area contributed by atoms with E-state index in [0.29, 0.717) is 5.02 Å². The number of carbonyl (C=O) groups excluding carboxylic acids is 1. The number of benzene rings is 1. The number of halogens is 1. The number of phenols is 1. The first-order chi connectivity index (χ1) is 9.47. The van der Waals surface area contributed by atoms with Crippen LogP contribution in [-0.2, 0) is 0 Å². The van der Waals surface area contributed by atoms with Crippen LogP contribution in [-0.4, -0.2) is 27.1 Å². The number of aromatic carboxylic acids is 1. The van der Waals surface area contributed by atoms with E-state index in [9.17, 15) is 14.7 Å². The molecule has 6 nitrogen and oxygen atoms in total. The fraction of sp³-hybridized carbons (Fsp3) is 0. The minimum Gasteiger partial charge on any atom is -0.507 e. The number of carbonyl (C=O) groups is 2. The number of rotatable bonds is 3. The van der Waals surface area contributed by atoms with Crippen LogP contribution in [0.1, 0.15) is 20.7 Å². The van der Waals surface area contributed by atoms with Gasteiger partial charge in [0.2, 0.25) is 0 Å². The SMILES string of the molecule is O=C(O)c1ccnc(NC(=O)c2ccc(Cl)cc2O)c1. The summed E-state index contributed by atoms with van der Waals surface area (Å²) in [6, 6.07) is 6.56. The van der Waals surface area contributed by atoms with Gasteiger partial charge in [0.25, 0.3) is 5.91 Å². The number of aromatic hydroxyl groups is 1. The highest BCUT2D eigenvalue weighted by atomic mass is 35.5. The molecule has 1 amide bonds. The van der Waals surface area contributed by atoms with Crippen LogP contribution < -0.4 is 5.32 Å². The van der Waals surface area contributed by atoms with Crippen LogP contribution in [0.4, 0.5) is 5.82 Å². The van der Waals surface area contributed by atoms with E-state index in [1.165, 1.54) is 36.5 Å². The van der Waals surface area contributed by atoms with Gasteiger partial charge in [-0.3, -0.25) is 4.79 Å². The summed E-state index contributed by atoms with van der Waals surface area (Å²) >= 11 is 5.67. The quantitative estimate of drug-likeness (QED) is 0.806. The van der Waals surface area contributed by atoms with Gasteiger partial charge in [-0.25, -0.2) is 9.78 Å². The Bertz CT molecular complexity index is 688. The van der Waals surface area contributed by atoms with E-state index in [0.717, 1.165) is 0 Å². The molecular formula is C13H9ClN2O4. The predicted octanol–water partition coefficient (Wildman–Crippen LogP) is 2.39. The average Bonchev–Trinajstić information content (AvgIpc) is 2.38. The number of hydrogen-bond acceptors (Lipinski definition) is 4. The highest BCUT2D eigenvalue weighted by Crippen LogP contribution is 2.22. The molecule has 20 heavy (non-hydrogen) atoms. The third kappa shape index (κ3) is 3.04. The molecular weight excluding hydrogens is 284 g/mol. The van der Waals surface area contributed by atoms with Gasteiger partial charge < -0.3 is 15.5 Å². The molecule has 0 fully saturated rings. The van der Waals surface area contributed by atoms with E-state index in [1.54, 1.807) is 0 Å². The van der Waals surface area contributed by atoms with Gasteiger partial charge in [-0.2, -0.15) is 0 Å². The molecule has 1 aromatic heterocycles. The lowest BCUT2D eigenvalue weighted by molar-refractivity contribution is 0.0696. The Balaban J connectivity index is 2.23. The van der Waals surface area contributed by atoms with E-state index in [4.69, 9.17) is 16.7 Å². The topological polar surface area (TPSA) is 99.5 Å². The molecule has 0 aliphatic heterocycles. The van der Waals surface area contributed by atoms with Crippen molar-refractivity contribution in [3.05, 3.63) is 52.7 Å². The number of nitrogens with zero attached hydrogens (tertiary/aromatic N) is 1. The van der Waals surface area contributed by atoms with Crippen molar-refractivity contribution >= 4 is 29.3 Å². The Morgan fingerprint density at radius 1 is 1.20 bits per heavy atom. The van der Waals surface area contributed by atoms with Gasteiger partial charge in [-0.05, 0) is 30.3 Å². The fourth-order valence-electron chi connectivity index (χ4n) is 1.51. The molecule has 0 spiro atoms. The predicted molar refractivity (Wildman–Crippen MR) is 72.3 cm³/mol. The Hall–Kier alpha value is -2.60. The van der Waals surface area contributed by atoms with Crippen molar-refractivity contribution in [2.45, 2.75) is 0 Å². The zero-order valence-corrected chi connectivity index (χ0v) is 10.8. The van der Waals surface area contributed by atoms with Gasteiger partial charge in [0.05, 0.1) is 11.1 Å². The molecule has 0 saturated heterocycles. The summed E-state index contributed by atoms with van der Waals surface area (Å²) in [6.45, 7) is 0. The minimum atomic E-state index is -1.13. The smallest absolute Gasteiger partial charge is 0.335 e. The van der Waals surface area contributed by atoms with Gasteiger partial charge >= 0.3 is 5.97 Å². The molecule has 2 aromatic rings. The third-order valence-electron chi connectivity index (χ3n) is 2.45. The lowest BCUT2D eigenvalue weighted by Gasteiger charge is -2.06. The lowest BCUT2D eigenvalue weighted by Crippen LogP contribution is -2.13. The van der Waals surface area contributed by atoms with E-state index in [2.05, 4.69) is 10.3 Å². The van der Waals surface area contributed by atoms with Crippen LogP contribution in [0, 0.1) is 0 Å². The number of anilines is 1. The second-order valence-corrected chi connectivity index (χ2v) is 4.29. The van der Waals surface area contributed by atoms with Crippen LogP contribution >= 0.6 is 11.6 Å². The van der Waals surface area contributed by atoms with Crippen molar-refractivity contribution < 1.29 is 19.8 Å². The zero-order chi connectivity index (χ0) is 14.7. The summed E-state index contributed by atoms with van der Waals surface area (Å²) in [5.74, 6) is -1.94. The van der Waals surface area contributed by atoms with Crippen LogP contribution in [0.25, 0.3) is 0 Å². The summed E-state index contributed by atoms with van der Waals surface area (Å²) in [5.41, 5.74) is 0.00700. The molecule has 0 atom stereocenters. The summed E-state index contributed by atoms with van der Waals surface area (Å²) in [4.78, 5) is 26.6. The third-order valence-corrected chi connectivity index (χ3v) is 2.69. The highest BCUT2D eigenvalue weighted by molar-refractivity contribution is 6.30. The van der Waals surface area contributed by atoms with E-state index >= 15 is 0 Å². The molecule has 0 aliphatic carbocycles. The second kappa shape index (κ2) is 5.58. The second-order valence-electron chi connectivity index (χ2n) is 3.85. The van der Waals surface area contributed by atoms with E-state index in [-0.39, 0.29) is 22.7 Å². The number of carboxylic acid groups (broad SMARTS) is 1. The monoisotopic (exact) mass is 292 g/mol. The van der Waals surface area contributed by atoms with Gasteiger partial charge in [-0.1, -0.05) is 11.6 Å². The fourth-order valence-corrected chi connectivity index (χ4v) is 1.68. The first-order valence-electron chi connectivity index (χ1n) is 5.46. The molecule has 0 aliphatic rings. The largest absolute Gasteiger partial charge is 0.507 e. The molecule has 0 bridgehead atoms. The van der Waals surface area contributed by atoms with Gasteiger partial charge in [0, 0.05) is 11.2 Å². The van der Waals surface area contributed by atoms with Crippen LogP contribution in [0.5, 0.6) is 5.75 Å². The Morgan fingerprint density at radius 3 is 2.60 bits per heavy atom. The maximum absolute atomic E-state index is 11.9. The number of pyridine rings is 1. The Labute approximate surface area is 118 Å². The average molecular weight is 293 g/mol. The number of nitrogens with one attached hydrogen (secondary N) is 1. The molecule has 7 heteroatoms. The molecule has 3 N–H and O–H groups in total. The number of phenolic OH excluding ortho intramolecular Hbond substituents is 1. The van der Waals surface area contributed by atoms with Gasteiger partial charge in [-0.15, -0.1) is 0 Å². The molecule has 0 radical (unpaired) electrons. The van der Waals surface area contributed by atoms with Crippen LogP contribution in [0.3, 0.4) is 0 Å². The summed E-state index contributed by atoms with van der Waals surface area (Å²) < 4.78 is 0. The highest BCUT2D eigenvalue weighted by Gasteiger charge is 2.13. The minimum absolute atomic E-state index is 0.00405. The molecule has 102 valence electrons. The molecule has 0 saturated carbocycles. The van der Waals surface area contributed by atoms with Crippen molar-refractivity contribution in [1.29, 1.82) is 0 Å². The summed E-state index contributed by atoms with van der Waals surface area (Å²) in [6.07, 6.45) is 1.26. The van der Waals surface area contributed by atoms with Crippen LogP contribution in [0.15, 0.2) is 36.5 Å². The van der Waals surface area contributed by atoms with E-state index in [1.807, 2.05) is 0 Å². The Morgan fingerprint density at radius 2 is 1.95 bits per heavy atom. The summed E-state index contributed by atoms with van der Waals surface area (Å²) in [5, 5.41) is 21.2. The summed E-state index contributed by atoms with van der Waals surface area (Å²) in [7, 11) is 0. The molecule has 1 aromatic carbocycles. The molecule has 0 unspecified atom stereocenters. The standard InChI is InChI=1S/C13H9ClN2O4/c14-8-1-2-9(10(17)6-8)12(18)16-11-5-7(13(19)20)3-4-15-11/h1-6,17H,(H,19,20)(H,15,16,18). The van der Waals surface area contributed by atoms with E-state index < -0.39 is 11.9 Å².